The van der Waals surface area contributed by atoms with Gasteiger partial charge in [0.25, 0.3) is 0 Å². The van der Waals surface area contributed by atoms with Crippen molar-refractivity contribution in [2.75, 3.05) is 32.4 Å². The Kier molecular flexibility index (Phi) is 5.79. The van der Waals surface area contributed by atoms with Crippen molar-refractivity contribution in [3.05, 3.63) is 17.5 Å². The van der Waals surface area contributed by atoms with Crippen LogP contribution in [0.5, 0.6) is 0 Å². The molecule has 7 heteroatoms. The van der Waals surface area contributed by atoms with Crippen molar-refractivity contribution in [1.29, 1.82) is 0 Å². The molecular weight excluding hydrogens is 308 g/mol. The Morgan fingerprint density at radius 1 is 1.57 bits per heavy atom. The number of aliphatic hydroxyl groups excluding tert-OH is 1. The van der Waals surface area contributed by atoms with Crippen LogP contribution in [-0.2, 0) is 9.84 Å². The summed E-state index contributed by atoms with van der Waals surface area (Å²) >= 11 is 1.19. The van der Waals surface area contributed by atoms with E-state index in [4.69, 9.17) is 0 Å². The fourth-order valence-electron chi connectivity index (χ4n) is 2.78. The van der Waals surface area contributed by atoms with E-state index in [1.165, 1.54) is 11.3 Å². The number of aliphatic hydroxyl groups is 1. The highest BCUT2D eigenvalue weighted by molar-refractivity contribution is 7.93. The van der Waals surface area contributed by atoms with Crippen LogP contribution in [-0.4, -0.2) is 63.0 Å². The van der Waals surface area contributed by atoms with E-state index in [0.717, 1.165) is 19.5 Å². The maximum atomic E-state index is 12.1. The molecule has 2 rings (SSSR count). The summed E-state index contributed by atoms with van der Waals surface area (Å²) in [6.07, 6.45) is 0.158. The number of likely N-dealkylation sites (tertiary alicyclic amines) is 1. The van der Waals surface area contributed by atoms with Gasteiger partial charge in [-0.15, -0.1) is 11.3 Å². The van der Waals surface area contributed by atoms with Gasteiger partial charge < -0.3 is 15.3 Å². The summed E-state index contributed by atoms with van der Waals surface area (Å²) in [4.78, 5) is 2.29. The van der Waals surface area contributed by atoms with Gasteiger partial charge in [0.15, 0.2) is 9.84 Å². The van der Waals surface area contributed by atoms with Crippen molar-refractivity contribution in [3.8, 4) is 0 Å². The summed E-state index contributed by atoms with van der Waals surface area (Å²) in [5.74, 6) is 0.284. The largest absolute Gasteiger partial charge is 0.391 e. The summed E-state index contributed by atoms with van der Waals surface area (Å²) in [5, 5.41) is 15.1. The summed E-state index contributed by atoms with van der Waals surface area (Å²) in [6, 6.07) is 3.64. The predicted octanol–water partition coefficient (Wildman–Crippen LogP) is 0.813. The Morgan fingerprint density at radius 2 is 2.33 bits per heavy atom. The Labute approximate surface area is 130 Å². The van der Waals surface area contributed by atoms with Crippen LogP contribution in [0.15, 0.2) is 21.7 Å². The zero-order valence-corrected chi connectivity index (χ0v) is 14.2. The second-order valence-electron chi connectivity index (χ2n) is 5.91. The molecule has 0 amide bonds. The second-order valence-corrected chi connectivity index (χ2v) is 9.12. The molecule has 2 N–H and O–H groups in total. The maximum absolute atomic E-state index is 12.1. The van der Waals surface area contributed by atoms with E-state index in [-0.39, 0.29) is 5.75 Å². The molecule has 1 aliphatic heterocycles. The molecule has 1 fully saturated rings. The summed E-state index contributed by atoms with van der Waals surface area (Å²) in [5.41, 5.74) is 0. The van der Waals surface area contributed by atoms with E-state index in [9.17, 15) is 13.5 Å². The Bertz CT molecular complexity index is 530. The monoisotopic (exact) mass is 332 g/mol. The normalized spacial score (nSPS) is 25.9. The lowest BCUT2D eigenvalue weighted by molar-refractivity contribution is 0.146. The van der Waals surface area contributed by atoms with Crippen molar-refractivity contribution in [1.82, 2.24) is 10.2 Å². The summed E-state index contributed by atoms with van der Waals surface area (Å²) in [7, 11) is -1.26. The van der Waals surface area contributed by atoms with Crippen molar-refractivity contribution in [2.45, 2.75) is 29.7 Å². The minimum absolute atomic E-state index is 0.221. The van der Waals surface area contributed by atoms with Gasteiger partial charge in [-0.25, -0.2) is 8.42 Å². The number of nitrogens with zero attached hydrogens (tertiary/aromatic N) is 1. The molecule has 3 unspecified atom stereocenters. The van der Waals surface area contributed by atoms with Gasteiger partial charge in [0.2, 0.25) is 0 Å². The van der Waals surface area contributed by atoms with Gasteiger partial charge in [0.05, 0.1) is 11.9 Å². The Morgan fingerprint density at radius 3 is 2.95 bits per heavy atom. The van der Waals surface area contributed by atoms with Crippen molar-refractivity contribution < 1.29 is 13.5 Å². The van der Waals surface area contributed by atoms with Gasteiger partial charge in [-0.05, 0) is 37.4 Å². The Hall–Kier alpha value is -0.470. The van der Waals surface area contributed by atoms with Crippen molar-refractivity contribution in [2.24, 2.45) is 5.92 Å². The quantitative estimate of drug-likeness (QED) is 0.807. The minimum Gasteiger partial charge on any atom is -0.391 e. The van der Waals surface area contributed by atoms with Crippen LogP contribution in [0.4, 0.5) is 0 Å². The molecule has 0 radical (unpaired) electrons. The maximum Gasteiger partial charge on any atom is 0.190 e. The molecule has 2 heterocycles. The van der Waals surface area contributed by atoms with Crippen LogP contribution in [0.1, 0.15) is 13.3 Å². The molecule has 5 nitrogen and oxygen atoms in total. The molecule has 0 bridgehead atoms. The van der Waals surface area contributed by atoms with E-state index in [2.05, 4.69) is 24.2 Å². The van der Waals surface area contributed by atoms with Crippen LogP contribution in [0.2, 0.25) is 0 Å². The lowest BCUT2D eigenvalue weighted by Gasteiger charge is -2.35. The van der Waals surface area contributed by atoms with Gasteiger partial charge in [0.1, 0.15) is 4.21 Å². The van der Waals surface area contributed by atoms with Crippen LogP contribution in [0.3, 0.4) is 0 Å². The van der Waals surface area contributed by atoms with Gasteiger partial charge >= 0.3 is 0 Å². The third-order valence-electron chi connectivity index (χ3n) is 3.94. The van der Waals surface area contributed by atoms with Gasteiger partial charge in [-0.3, -0.25) is 0 Å². The van der Waals surface area contributed by atoms with E-state index in [0.29, 0.717) is 22.7 Å². The summed E-state index contributed by atoms with van der Waals surface area (Å²) < 4.78 is 24.5. The molecule has 1 aromatic rings. The van der Waals surface area contributed by atoms with Gasteiger partial charge in [-0.2, -0.15) is 0 Å². The number of nitrogens with one attached hydrogen (secondary N) is 1. The Balaban J connectivity index is 1.81. The van der Waals surface area contributed by atoms with E-state index >= 15 is 0 Å². The smallest absolute Gasteiger partial charge is 0.190 e. The molecule has 1 aliphatic rings. The third kappa shape index (κ3) is 4.75. The van der Waals surface area contributed by atoms with E-state index < -0.39 is 15.9 Å². The van der Waals surface area contributed by atoms with E-state index in [1.54, 1.807) is 17.5 Å². The highest BCUT2D eigenvalue weighted by Gasteiger charge is 2.26. The molecule has 1 saturated heterocycles. The highest BCUT2D eigenvalue weighted by Crippen LogP contribution is 2.19. The standard InChI is InChI=1S/C14H24N2O3S2/c1-11-9-16(2)6-5-13(11)15-8-12(17)10-21(18,19)14-4-3-7-20-14/h3-4,7,11-13,15,17H,5-6,8-10H2,1-2H3. The van der Waals surface area contributed by atoms with E-state index in [1.807, 2.05) is 0 Å². The lowest BCUT2D eigenvalue weighted by atomic mass is 9.94. The SMILES string of the molecule is CC1CN(C)CCC1NCC(O)CS(=O)(=O)c1cccs1. The van der Waals surface area contributed by atoms with Crippen molar-refractivity contribution in [3.63, 3.8) is 0 Å². The second kappa shape index (κ2) is 7.19. The number of thiophene rings is 1. The first-order chi connectivity index (χ1) is 9.88. The lowest BCUT2D eigenvalue weighted by Crippen LogP contribution is -2.49. The number of hydrogen-bond donors (Lipinski definition) is 2. The molecule has 1 aromatic heterocycles. The molecule has 0 aliphatic carbocycles. The predicted molar refractivity (Wildman–Crippen MR) is 85.4 cm³/mol. The zero-order chi connectivity index (χ0) is 15.5. The molecular formula is C14H24N2O3S2. The van der Waals surface area contributed by atoms with Gasteiger partial charge in [0, 0.05) is 19.1 Å². The van der Waals surface area contributed by atoms with Gasteiger partial charge in [-0.1, -0.05) is 13.0 Å². The molecule has 0 saturated carbocycles. The van der Waals surface area contributed by atoms with Crippen LogP contribution in [0.25, 0.3) is 0 Å². The summed E-state index contributed by atoms with van der Waals surface area (Å²) in [6.45, 7) is 4.57. The number of sulfone groups is 1. The molecule has 0 aromatic carbocycles. The first-order valence-electron chi connectivity index (χ1n) is 7.25. The minimum atomic E-state index is -3.37. The first kappa shape index (κ1) is 16.9. The number of rotatable bonds is 6. The van der Waals surface area contributed by atoms with Crippen molar-refractivity contribution >= 4 is 21.2 Å². The number of piperidine rings is 1. The van der Waals surface area contributed by atoms with Crippen LogP contribution >= 0.6 is 11.3 Å². The molecule has 120 valence electrons. The van der Waals surface area contributed by atoms with Crippen LogP contribution in [0, 0.1) is 5.92 Å². The molecule has 3 atom stereocenters. The average molecular weight is 332 g/mol. The first-order valence-corrected chi connectivity index (χ1v) is 9.78. The third-order valence-corrected chi connectivity index (χ3v) is 7.22. The highest BCUT2D eigenvalue weighted by atomic mass is 32.2. The zero-order valence-electron chi connectivity index (χ0n) is 12.5. The molecule has 0 spiro atoms. The topological polar surface area (TPSA) is 69.6 Å². The fraction of sp³-hybridized carbons (Fsp3) is 0.714. The fourth-order valence-corrected chi connectivity index (χ4v) is 5.26. The molecule has 21 heavy (non-hydrogen) atoms. The number of hydrogen-bond acceptors (Lipinski definition) is 6. The average Bonchev–Trinajstić information content (AvgIpc) is 2.91. The van der Waals surface area contributed by atoms with Crippen LogP contribution < -0.4 is 5.32 Å².